The van der Waals surface area contributed by atoms with Crippen molar-refractivity contribution in [1.82, 2.24) is 5.32 Å². The van der Waals surface area contributed by atoms with Gasteiger partial charge in [0.05, 0.1) is 5.41 Å². The average molecular weight is 196 g/mol. The maximum Gasteiger partial charge on any atom is 0.227 e. The summed E-state index contributed by atoms with van der Waals surface area (Å²) in [4.78, 5) is 12.0. The van der Waals surface area contributed by atoms with Gasteiger partial charge in [0, 0.05) is 12.1 Å². The van der Waals surface area contributed by atoms with Gasteiger partial charge >= 0.3 is 0 Å². The molecule has 4 unspecified atom stereocenters. The first-order valence-electron chi connectivity index (χ1n) is 5.60. The maximum atomic E-state index is 12.0. The Kier molecular flexibility index (Phi) is 2.30. The molecule has 0 aliphatic heterocycles. The molecule has 2 fully saturated rings. The number of amides is 1. The molecule has 14 heavy (non-hydrogen) atoms. The molecular formula is C11H20N2O. The van der Waals surface area contributed by atoms with Gasteiger partial charge in [-0.3, -0.25) is 4.79 Å². The molecule has 1 amide bonds. The van der Waals surface area contributed by atoms with Crippen molar-refractivity contribution >= 4 is 5.91 Å². The quantitative estimate of drug-likeness (QED) is 0.693. The van der Waals surface area contributed by atoms with E-state index in [-0.39, 0.29) is 17.4 Å². The Morgan fingerprint density at radius 1 is 1.57 bits per heavy atom. The summed E-state index contributed by atoms with van der Waals surface area (Å²) in [5.74, 6) is 0.844. The van der Waals surface area contributed by atoms with Crippen LogP contribution >= 0.6 is 0 Å². The van der Waals surface area contributed by atoms with Crippen LogP contribution in [0.5, 0.6) is 0 Å². The van der Waals surface area contributed by atoms with Gasteiger partial charge in [0.2, 0.25) is 5.91 Å². The highest BCUT2D eigenvalue weighted by atomic mass is 16.2. The van der Waals surface area contributed by atoms with E-state index in [1.807, 2.05) is 6.92 Å². The number of rotatable bonds is 2. The van der Waals surface area contributed by atoms with Crippen LogP contribution in [0.3, 0.4) is 0 Å². The molecule has 2 saturated carbocycles. The summed E-state index contributed by atoms with van der Waals surface area (Å²) in [5.41, 5.74) is 5.68. The van der Waals surface area contributed by atoms with E-state index in [0.717, 1.165) is 25.7 Å². The zero-order chi connectivity index (χ0) is 10.3. The van der Waals surface area contributed by atoms with E-state index in [9.17, 15) is 4.79 Å². The SMILES string of the molecule is CC1CC1NC(=O)C1(C)CCCC1N. The average Bonchev–Trinajstić information content (AvgIpc) is 2.69. The molecule has 0 bridgehead atoms. The van der Waals surface area contributed by atoms with Crippen molar-refractivity contribution in [2.24, 2.45) is 17.1 Å². The van der Waals surface area contributed by atoms with Gasteiger partial charge in [0.1, 0.15) is 0 Å². The Hall–Kier alpha value is -0.570. The third-order valence-corrected chi connectivity index (χ3v) is 3.97. The van der Waals surface area contributed by atoms with Crippen LogP contribution in [0.1, 0.15) is 39.5 Å². The molecule has 3 N–H and O–H groups in total. The summed E-state index contributed by atoms with van der Waals surface area (Å²) in [6.45, 7) is 4.18. The van der Waals surface area contributed by atoms with Crippen LogP contribution in [-0.2, 0) is 4.79 Å². The van der Waals surface area contributed by atoms with E-state index in [1.54, 1.807) is 0 Å². The fraction of sp³-hybridized carbons (Fsp3) is 0.909. The molecular weight excluding hydrogens is 176 g/mol. The fourth-order valence-electron chi connectivity index (χ4n) is 2.33. The van der Waals surface area contributed by atoms with E-state index in [2.05, 4.69) is 12.2 Å². The molecule has 80 valence electrons. The lowest BCUT2D eigenvalue weighted by Crippen LogP contribution is -2.48. The highest BCUT2D eigenvalue weighted by Crippen LogP contribution is 2.38. The van der Waals surface area contributed by atoms with Gasteiger partial charge in [-0.1, -0.05) is 13.3 Å². The lowest BCUT2D eigenvalue weighted by molar-refractivity contribution is -0.130. The smallest absolute Gasteiger partial charge is 0.227 e. The first-order chi connectivity index (χ1) is 6.54. The predicted molar refractivity (Wildman–Crippen MR) is 55.6 cm³/mol. The van der Waals surface area contributed by atoms with Crippen LogP contribution < -0.4 is 11.1 Å². The Labute approximate surface area is 85.4 Å². The lowest BCUT2D eigenvalue weighted by atomic mass is 9.84. The van der Waals surface area contributed by atoms with Gasteiger partial charge in [0.25, 0.3) is 0 Å². The van der Waals surface area contributed by atoms with E-state index in [4.69, 9.17) is 5.73 Å². The summed E-state index contributed by atoms with van der Waals surface area (Å²) in [7, 11) is 0. The highest BCUT2D eigenvalue weighted by Gasteiger charge is 2.45. The molecule has 3 heteroatoms. The molecule has 2 rings (SSSR count). The molecule has 2 aliphatic rings. The molecule has 0 aromatic carbocycles. The summed E-state index contributed by atoms with van der Waals surface area (Å²) in [6.07, 6.45) is 4.16. The zero-order valence-corrected chi connectivity index (χ0v) is 9.05. The number of nitrogens with one attached hydrogen (secondary N) is 1. The molecule has 0 heterocycles. The van der Waals surface area contributed by atoms with E-state index >= 15 is 0 Å². The third kappa shape index (κ3) is 1.54. The summed E-state index contributed by atoms with van der Waals surface area (Å²) in [6, 6.07) is 0.476. The van der Waals surface area contributed by atoms with Crippen molar-refractivity contribution in [2.45, 2.75) is 51.6 Å². The standard InChI is InChI=1S/C11H20N2O/c1-7-6-8(7)13-10(14)11(2)5-3-4-9(11)12/h7-9H,3-6,12H2,1-2H3,(H,13,14). The number of hydrogen-bond acceptors (Lipinski definition) is 2. The van der Waals surface area contributed by atoms with Crippen molar-refractivity contribution in [1.29, 1.82) is 0 Å². The summed E-state index contributed by atoms with van der Waals surface area (Å²) in [5, 5.41) is 3.10. The van der Waals surface area contributed by atoms with Crippen LogP contribution in [0, 0.1) is 11.3 Å². The van der Waals surface area contributed by atoms with E-state index < -0.39 is 0 Å². The van der Waals surface area contributed by atoms with Gasteiger partial charge in [-0.2, -0.15) is 0 Å². The monoisotopic (exact) mass is 196 g/mol. The number of carbonyl (C=O) groups is 1. The summed E-state index contributed by atoms with van der Waals surface area (Å²) >= 11 is 0. The second kappa shape index (κ2) is 3.23. The van der Waals surface area contributed by atoms with E-state index in [0.29, 0.717) is 12.0 Å². The minimum absolute atomic E-state index is 0.0524. The van der Waals surface area contributed by atoms with Crippen molar-refractivity contribution in [3.05, 3.63) is 0 Å². The molecule has 0 aromatic heterocycles. The number of nitrogens with two attached hydrogens (primary N) is 1. The number of hydrogen-bond donors (Lipinski definition) is 2. The number of carbonyl (C=O) groups excluding carboxylic acids is 1. The van der Waals surface area contributed by atoms with Gasteiger partial charge in [-0.15, -0.1) is 0 Å². The highest BCUT2D eigenvalue weighted by molar-refractivity contribution is 5.84. The van der Waals surface area contributed by atoms with Crippen LogP contribution in [-0.4, -0.2) is 18.0 Å². The largest absolute Gasteiger partial charge is 0.353 e. The maximum absolute atomic E-state index is 12.0. The van der Waals surface area contributed by atoms with Gasteiger partial charge < -0.3 is 11.1 Å². The first kappa shape index (κ1) is 9.97. The Bertz CT molecular complexity index is 254. The second-order valence-corrected chi connectivity index (χ2v) is 5.21. The van der Waals surface area contributed by atoms with Gasteiger partial charge in [0.15, 0.2) is 0 Å². The van der Waals surface area contributed by atoms with Crippen molar-refractivity contribution in [3.63, 3.8) is 0 Å². The zero-order valence-electron chi connectivity index (χ0n) is 9.05. The normalized spacial score (nSPS) is 46.4. The minimum atomic E-state index is -0.303. The minimum Gasteiger partial charge on any atom is -0.353 e. The lowest BCUT2D eigenvalue weighted by Gasteiger charge is -2.27. The van der Waals surface area contributed by atoms with Crippen molar-refractivity contribution in [3.8, 4) is 0 Å². The van der Waals surface area contributed by atoms with Gasteiger partial charge in [-0.05, 0) is 32.1 Å². The van der Waals surface area contributed by atoms with E-state index in [1.165, 1.54) is 0 Å². The third-order valence-electron chi connectivity index (χ3n) is 3.97. The summed E-state index contributed by atoms with van der Waals surface area (Å²) < 4.78 is 0. The van der Waals surface area contributed by atoms with Crippen LogP contribution in [0.2, 0.25) is 0 Å². The molecule has 4 atom stereocenters. The van der Waals surface area contributed by atoms with Crippen LogP contribution in [0.4, 0.5) is 0 Å². The molecule has 3 nitrogen and oxygen atoms in total. The van der Waals surface area contributed by atoms with Gasteiger partial charge in [-0.25, -0.2) is 0 Å². The predicted octanol–water partition coefficient (Wildman–Crippen LogP) is 1.03. The van der Waals surface area contributed by atoms with Crippen molar-refractivity contribution < 1.29 is 4.79 Å². The molecule has 0 saturated heterocycles. The Morgan fingerprint density at radius 3 is 2.64 bits per heavy atom. The van der Waals surface area contributed by atoms with Crippen LogP contribution in [0.15, 0.2) is 0 Å². The fourth-order valence-corrected chi connectivity index (χ4v) is 2.33. The molecule has 0 spiro atoms. The first-order valence-corrected chi connectivity index (χ1v) is 5.60. The van der Waals surface area contributed by atoms with Crippen molar-refractivity contribution in [2.75, 3.05) is 0 Å². The topological polar surface area (TPSA) is 55.1 Å². The Balaban J connectivity index is 1.95. The van der Waals surface area contributed by atoms with Crippen LogP contribution in [0.25, 0.3) is 0 Å². The second-order valence-electron chi connectivity index (χ2n) is 5.21. The molecule has 0 aromatic rings. The Morgan fingerprint density at radius 2 is 2.21 bits per heavy atom. The molecule has 2 aliphatic carbocycles. The molecule has 0 radical (unpaired) electrons.